The number of aryl methyl sites for hydroxylation is 2. The van der Waals surface area contributed by atoms with Crippen LogP contribution in [0.25, 0.3) is 0 Å². The maximum absolute atomic E-state index is 12.0. The Morgan fingerprint density at radius 1 is 1.29 bits per heavy atom. The van der Waals surface area contributed by atoms with E-state index in [0.29, 0.717) is 19.0 Å². The Balaban J connectivity index is 1.73. The SMILES string of the molecule is Cc1ccc(C)c(CNC(=O)CC[C@@H](C)N2CCCC2)c1. The Hall–Kier alpha value is -1.35. The van der Waals surface area contributed by atoms with Crippen LogP contribution in [0.3, 0.4) is 0 Å². The lowest BCUT2D eigenvalue weighted by atomic mass is 10.1. The molecule has 1 saturated heterocycles. The van der Waals surface area contributed by atoms with Gasteiger partial charge in [-0.1, -0.05) is 23.8 Å². The third kappa shape index (κ3) is 4.85. The lowest BCUT2D eigenvalue weighted by Gasteiger charge is -2.23. The highest BCUT2D eigenvalue weighted by atomic mass is 16.1. The van der Waals surface area contributed by atoms with E-state index in [1.807, 2.05) is 0 Å². The predicted octanol–water partition coefficient (Wildman–Crippen LogP) is 3.18. The molecule has 1 aliphatic rings. The van der Waals surface area contributed by atoms with Crippen LogP contribution in [-0.4, -0.2) is 29.9 Å². The first-order valence-corrected chi connectivity index (χ1v) is 8.13. The Bertz CT molecular complexity index is 478. The van der Waals surface area contributed by atoms with Crippen molar-refractivity contribution in [2.24, 2.45) is 0 Å². The molecule has 1 fully saturated rings. The fourth-order valence-electron chi connectivity index (χ4n) is 2.98. The van der Waals surface area contributed by atoms with Gasteiger partial charge in [-0.25, -0.2) is 0 Å². The van der Waals surface area contributed by atoms with Gasteiger partial charge in [0.2, 0.25) is 5.91 Å². The van der Waals surface area contributed by atoms with Gasteiger partial charge in [0.1, 0.15) is 0 Å². The number of carbonyl (C=O) groups is 1. The molecule has 3 nitrogen and oxygen atoms in total. The van der Waals surface area contributed by atoms with Crippen molar-refractivity contribution in [2.75, 3.05) is 13.1 Å². The number of rotatable bonds is 6. The lowest BCUT2D eigenvalue weighted by Crippen LogP contribution is -2.32. The first kappa shape index (κ1) is 16.0. The molecular weight excluding hydrogens is 260 g/mol. The standard InChI is InChI=1S/C18H28N2O/c1-14-6-7-15(2)17(12-14)13-19-18(21)9-8-16(3)20-10-4-5-11-20/h6-7,12,16H,4-5,8-11,13H2,1-3H3,(H,19,21)/t16-/m1/s1. The molecule has 0 aliphatic carbocycles. The zero-order valence-electron chi connectivity index (χ0n) is 13.6. The predicted molar refractivity (Wildman–Crippen MR) is 87.3 cm³/mol. The van der Waals surface area contributed by atoms with E-state index >= 15 is 0 Å². The summed E-state index contributed by atoms with van der Waals surface area (Å²) in [5.74, 6) is 0.168. The minimum atomic E-state index is 0.168. The fraction of sp³-hybridized carbons (Fsp3) is 0.611. The van der Waals surface area contributed by atoms with Gasteiger partial charge in [-0.15, -0.1) is 0 Å². The van der Waals surface area contributed by atoms with Crippen molar-refractivity contribution in [3.05, 3.63) is 34.9 Å². The number of hydrogen-bond donors (Lipinski definition) is 1. The summed E-state index contributed by atoms with van der Waals surface area (Å²) in [5, 5.41) is 3.06. The van der Waals surface area contributed by atoms with Crippen molar-refractivity contribution in [1.29, 1.82) is 0 Å². The lowest BCUT2D eigenvalue weighted by molar-refractivity contribution is -0.121. The summed E-state index contributed by atoms with van der Waals surface area (Å²) in [4.78, 5) is 14.5. The van der Waals surface area contributed by atoms with Crippen LogP contribution in [0.15, 0.2) is 18.2 Å². The van der Waals surface area contributed by atoms with E-state index < -0.39 is 0 Å². The molecule has 0 spiro atoms. The maximum atomic E-state index is 12.0. The molecule has 1 atom stereocenters. The second kappa shape index (κ2) is 7.60. The van der Waals surface area contributed by atoms with Crippen LogP contribution in [0, 0.1) is 13.8 Å². The van der Waals surface area contributed by atoms with Gasteiger partial charge in [-0.05, 0) is 64.3 Å². The summed E-state index contributed by atoms with van der Waals surface area (Å²) in [6.07, 6.45) is 4.20. The van der Waals surface area contributed by atoms with E-state index in [1.54, 1.807) is 0 Å². The molecule has 2 rings (SSSR count). The van der Waals surface area contributed by atoms with Gasteiger partial charge in [0, 0.05) is 19.0 Å². The molecule has 0 bridgehead atoms. The van der Waals surface area contributed by atoms with Crippen molar-refractivity contribution >= 4 is 5.91 Å². The highest BCUT2D eigenvalue weighted by Crippen LogP contribution is 2.15. The van der Waals surface area contributed by atoms with Crippen molar-refractivity contribution in [3.8, 4) is 0 Å². The fourth-order valence-corrected chi connectivity index (χ4v) is 2.98. The van der Waals surface area contributed by atoms with Gasteiger partial charge < -0.3 is 10.2 Å². The van der Waals surface area contributed by atoms with Crippen molar-refractivity contribution in [1.82, 2.24) is 10.2 Å². The van der Waals surface area contributed by atoms with Crippen molar-refractivity contribution in [2.45, 2.75) is 59.0 Å². The van der Waals surface area contributed by atoms with E-state index in [9.17, 15) is 4.79 Å². The minimum absolute atomic E-state index is 0.168. The molecule has 1 aromatic rings. The number of hydrogen-bond acceptors (Lipinski definition) is 2. The molecule has 1 N–H and O–H groups in total. The van der Waals surface area contributed by atoms with Gasteiger partial charge in [0.15, 0.2) is 0 Å². The summed E-state index contributed by atoms with van der Waals surface area (Å²) in [5.41, 5.74) is 3.70. The van der Waals surface area contributed by atoms with Crippen LogP contribution in [0.4, 0.5) is 0 Å². The Morgan fingerprint density at radius 3 is 2.71 bits per heavy atom. The van der Waals surface area contributed by atoms with E-state index in [2.05, 4.69) is 49.2 Å². The molecule has 1 amide bonds. The molecule has 1 aliphatic heterocycles. The maximum Gasteiger partial charge on any atom is 0.220 e. The Labute approximate surface area is 128 Å². The van der Waals surface area contributed by atoms with Crippen molar-refractivity contribution < 1.29 is 4.79 Å². The van der Waals surface area contributed by atoms with E-state index in [4.69, 9.17) is 0 Å². The summed E-state index contributed by atoms with van der Waals surface area (Å²) < 4.78 is 0. The van der Waals surface area contributed by atoms with Crippen LogP contribution >= 0.6 is 0 Å². The van der Waals surface area contributed by atoms with Crippen LogP contribution in [0.5, 0.6) is 0 Å². The van der Waals surface area contributed by atoms with E-state index in [1.165, 1.54) is 42.6 Å². The molecule has 0 unspecified atom stereocenters. The number of nitrogens with one attached hydrogen (secondary N) is 1. The van der Waals surface area contributed by atoms with Gasteiger partial charge >= 0.3 is 0 Å². The Morgan fingerprint density at radius 2 is 2.00 bits per heavy atom. The second-order valence-corrected chi connectivity index (χ2v) is 6.34. The summed E-state index contributed by atoms with van der Waals surface area (Å²) in [6.45, 7) is 9.46. The summed E-state index contributed by atoms with van der Waals surface area (Å²) in [7, 11) is 0. The quantitative estimate of drug-likeness (QED) is 0.872. The highest BCUT2D eigenvalue weighted by molar-refractivity contribution is 5.75. The topological polar surface area (TPSA) is 32.3 Å². The van der Waals surface area contributed by atoms with E-state index in [-0.39, 0.29) is 5.91 Å². The number of benzene rings is 1. The second-order valence-electron chi connectivity index (χ2n) is 6.34. The first-order valence-electron chi connectivity index (χ1n) is 8.13. The molecule has 0 saturated carbocycles. The van der Waals surface area contributed by atoms with E-state index in [0.717, 1.165) is 6.42 Å². The summed E-state index contributed by atoms with van der Waals surface area (Å²) >= 11 is 0. The van der Waals surface area contributed by atoms with Gasteiger partial charge in [0.05, 0.1) is 0 Å². The molecule has 3 heteroatoms. The first-order chi connectivity index (χ1) is 10.1. The number of amides is 1. The smallest absolute Gasteiger partial charge is 0.220 e. The molecular formula is C18H28N2O. The van der Waals surface area contributed by atoms with Crippen molar-refractivity contribution in [3.63, 3.8) is 0 Å². The molecule has 0 aromatic heterocycles. The molecule has 0 radical (unpaired) electrons. The van der Waals surface area contributed by atoms with Crippen LogP contribution in [0.2, 0.25) is 0 Å². The number of likely N-dealkylation sites (tertiary alicyclic amines) is 1. The number of nitrogens with zero attached hydrogens (tertiary/aromatic N) is 1. The molecule has 116 valence electrons. The minimum Gasteiger partial charge on any atom is -0.352 e. The number of carbonyl (C=O) groups excluding carboxylic acids is 1. The molecule has 1 aromatic carbocycles. The van der Waals surface area contributed by atoms with Crippen LogP contribution < -0.4 is 5.32 Å². The molecule has 1 heterocycles. The largest absolute Gasteiger partial charge is 0.352 e. The highest BCUT2D eigenvalue weighted by Gasteiger charge is 2.18. The monoisotopic (exact) mass is 288 g/mol. The zero-order valence-corrected chi connectivity index (χ0v) is 13.6. The van der Waals surface area contributed by atoms with Gasteiger partial charge in [0.25, 0.3) is 0 Å². The van der Waals surface area contributed by atoms with Crippen LogP contribution in [0.1, 0.15) is 49.3 Å². The average molecular weight is 288 g/mol. The Kier molecular flexibility index (Phi) is 5.80. The zero-order chi connectivity index (χ0) is 15.2. The normalized spacial score (nSPS) is 16.9. The summed E-state index contributed by atoms with van der Waals surface area (Å²) in [6, 6.07) is 6.91. The molecule has 21 heavy (non-hydrogen) atoms. The van der Waals surface area contributed by atoms with Gasteiger partial charge in [-0.2, -0.15) is 0 Å². The third-order valence-electron chi connectivity index (χ3n) is 4.53. The average Bonchev–Trinajstić information content (AvgIpc) is 3.00. The third-order valence-corrected chi connectivity index (χ3v) is 4.53. The van der Waals surface area contributed by atoms with Gasteiger partial charge in [-0.3, -0.25) is 4.79 Å². The van der Waals surface area contributed by atoms with Crippen LogP contribution in [-0.2, 0) is 11.3 Å².